The van der Waals surface area contributed by atoms with Gasteiger partial charge in [0.1, 0.15) is 5.15 Å². The van der Waals surface area contributed by atoms with Crippen LogP contribution in [-0.2, 0) is 0 Å². The molecule has 0 bridgehead atoms. The number of nitrogens with zero attached hydrogens (tertiary/aromatic N) is 1. The molecule has 98 valence electrons. The molecular formula is C14H12BrClN2O. The summed E-state index contributed by atoms with van der Waals surface area (Å²) >= 11 is 9.20. The van der Waals surface area contributed by atoms with Gasteiger partial charge in [-0.3, -0.25) is 4.79 Å². The average Bonchev–Trinajstić information content (AvgIpc) is 2.42. The van der Waals surface area contributed by atoms with Gasteiger partial charge in [-0.05, 0) is 34.5 Å². The van der Waals surface area contributed by atoms with Crippen molar-refractivity contribution in [2.45, 2.75) is 13.0 Å². The number of rotatable bonds is 3. The van der Waals surface area contributed by atoms with Crippen LogP contribution in [0.3, 0.4) is 0 Å². The van der Waals surface area contributed by atoms with Gasteiger partial charge >= 0.3 is 0 Å². The lowest BCUT2D eigenvalue weighted by Gasteiger charge is -2.14. The van der Waals surface area contributed by atoms with Gasteiger partial charge in [-0.25, -0.2) is 4.98 Å². The third-order valence-electron chi connectivity index (χ3n) is 2.70. The van der Waals surface area contributed by atoms with Gasteiger partial charge in [0.05, 0.1) is 11.6 Å². The molecule has 3 nitrogen and oxygen atoms in total. The Morgan fingerprint density at radius 2 is 2.05 bits per heavy atom. The monoisotopic (exact) mass is 338 g/mol. The van der Waals surface area contributed by atoms with Crippen molar-refractivity contribution in [3.8, 4) is 0 Å². The molecule has 0 saturated heterocycles. The third kappa shape index (κ3) is 3.55. The molecule has 1 N–H and O–H groups in total. The third-order valence-corrected chi connectivity index (χ3v) is 3.43. The zero-order chi connectivity index (χ0) is 13.8. The number of benzene rings is 1. The summed E-state index contributed by atoms with van der Waals surface area (Å²) in [5.41, 5.74) is 1.40. The van der Waals surface area contributed by atoms with Crippen LogP contribution in [0.4, 0.5) is 0 Å². The Morgan fingerprint density at radius 1 is 1.37 bits per heavy atom. The van der Waals surface area contributed by atoms with E-state index in [1.807, 2.05) is 37.3 Å². The Balaban J connectivity index is 2.15. The molecule has 1 unspecified atom stereocenters. The van der Waals surface area contributed by atoms with E-state index >= 15 is 0 Å². The van der Waals surface area contributed by atoms with E-state index < -0.39 is 0 Å². The lowest BCUT2D eigenvalue weighted by Crippen LogP contribution is -2.27. The number of pyridine rings is 1. The first-order chi connectivity index (χ1) is 9.08. The molecule has 19 heavy (non-hydrogen) atoms. The first-order valence-corrected chi connectivity index (χ1v) is 6.92. The molecule has 0 spiro atoms. The second-order valence-electron chi connectivity index (χ2n) is 4.10. The Morgan fingerprint density at radius 3 is 2.74 bits per heavy atom. The maximum absolute atomic E-state index is 12.1. The number of carbonyl (C=O) groups excluding carboxylic acids is 1. The van der Waals surface area contributed by atoms with E-state index in [-0.39, 0.29) is 17.1 Å². The van der Waals surface area contributed by atoms with Crippen molar-refractivity contribution in [2.24, 2.45) is 0 Å². The topological polar surface area (TPSA) is 42.0 Å². The van der Waals surface area contributed by atoms with E-state index in [0.717, 1.165) is 10.0 Å². The summed E-state index contributed by atoms with van der Waals surface area (Å²) in [7, 11) is 0. The Hall–Kier alpha value is -1.39. The van der Waals surface area contributed by atoms with Gasteiger partial charge in [-0.2, -0.15) is 0 Å². The van der Waals surface area contributed by atoms with Crippen LogP contribution in [0.5, 0.6) is 0 Å². The van der Waals surface area contributed by atoms with Gasteiger partial charge < -0.3 is 5.32 Å². The van der Waals surface area contributed by atoms with Gasteiger partial charge in [0.25, 0.3) is 5.91 Å². The van der Waals surface area contributed by atoms with Crippen molar-refractivity contribution in [3.63, 3.8) is 0 Å². The van der Waals surface area contributed by atoms with E-state index in [0.29, 0.717) is 5.56 Å². The maximum atomic E-state index is 12.1. The highest BCUT2D eigenvalue weighted by Gasteiger charge is 2.15. The van der Waals surface area contributed by atoms with Crippen LogP contribution in [0.1, 0.15) is 28.9 Å². The summed E-state index contributed by atoms with van der Waals surface area (Å²) < 4.78 is 0.717. The molecule has 1 heterocycles. The van der Waals surface area contributed by atoms with Crippen LogP contribution in [0, 0.1) is 0 Å². The molecule has 1 atom stereocenters. The summed E-state index contributed by atoms with van der Waals surface area (Å²) in [4.78, 5) is 16.1. The quantitative estimate of drug-likeness (QED) is 0.859. The van der Waals surface area contributed by atoms with Crippen LogP contribution in [0.25, 0.3) is 0 Å². The Bertz CT molecular complexity index is 589. The summed E-state index contributed by atoms with van der Waals surface area (Å²) in [6, 6.07) is 11.3. The zero-order valence-corrected chi connectivity index (χ0v) is 12.6. The zero-order valence-electron chi connectivity index (χ0n) is 10.2. The molecule has 0 aliphatic carbocycles. The largest absolute Gasteiger partial charge is 0.345 e. The van der Waals surface area contributed by atoms with Gasteiger partial charge in [0, 0.05) is 10.7 Å². The standard InChI is InChI=1S/C14H12BrClN2O/c1-9(10-5-3-2-4-6-10)18-14(19)12-7-11(15)8-17-13(12)16/h2-9H,1H3,(H,18,19). The molecule has 2 rings (SSSR count). The van der Waals surface area contributed by atoms with Crippen molar-refractivity contribution >= 4 is 33.4 Å². The minimum atomic E-state index is -0.241. The van der Waals surface area contributed by atoms with Crippen LogP contribution in [0.2, 0.25) is 5.15 Å². The van der Waals surface area contributed by atoms with Gasteiger partial charge in [0.15, 0.2) is 0 Å². The maximum Gasteiger partial charge on any atom is 0.254 e. The van der Waals surface area contributed by atoms with Crippen LogP contribution in [-0.4, -0.2) is 10.9 Å². The molecule has 0 aliphatic heterocycles. The number of amides is 1. The van der Waals surface area contributed by atoms with E-state index in [1.165, 1.54) is 0 Å². The minimum Gasteiger partial charge on any atom is -0.345 e. The fourth-order valence-corrected chi connectivity index (χ4v) is 2.20. The number of carbonyl (C=O) groups is 1. The highest BCUT2D eigenvalue weighted by atomic mass is 79.9. The number of halogens is 2. The van der Waals surface area contributed by atoms with Gasteiger partial charge in [-0.15, -0.1) is 0 Å². The molecule has 1 aromatic carbocycles. The van der Waals surface area contributed by atoms with E-state index in [4.69, 9.17) is 11.6 Å². The molecule has 0 aliphatic rings. The number of hydrogen-bond donors (Lipinski definition) is 1. The molecule has 0 saturated carbocycles. The molecule has 1 amide bonds. The smallest absolute Gasteiger partial charge is 0.254 e. The molecule has 2 aromatic rings. The molecule has 0 radical (unpaired) electrons. The highest BCUT2D eigenvalue weighted by Crippen LogP contribution is 2.19. The molecule has 1 aromatic heterocycles. The fraction of sp³-hybridized carbons (Fsp3) is 0.143. The van der Waals surface area contributed by atoms with Crippen LogP contribution < -0.4 is 5.32 Å². The predicted molar refractivity (Wildman–Crippen MR) is 79.3 cm³/mol. The first kappa shape index (κ1) is 14.0. The normalized spacial score (nSPS) is 11.9. The highest BCUT2D eigenvalue weighted by molar-refractivity contribution is 9.10. The average molecular weight is 340 g/mol. The van der Waals surface area contributed by atoms with Crippen LogP contribution >= 0.6 is 27.5 Å². The summed E-state index contributed by atoms with van der Waals surface area (Å²) in [6.45, 7) is 1.92. The molecule has 0 fully saturated rings. The summed E-state index contributed by atoms with van der Waals surface area (Å²) in [5, 5.41) is 3.09. The molecular weight excluding hydrogens is 328 g/mol. The Labute approximate surface area is 125 Å². The van der Waals surface area contributed by atoms with Crippen molar-refractivity contribution < 1.29 is 4.79 Å². The Kier molecular flexibility index (Phi) is 4.56. The number of nitrogens with one attached hydrogen (secondary N) is 1. The van der Waals surface area contributed by atoms with E-state index in [1.54, 1.807) is 12.3 Å². The first-order valence-electron chi connectivity index (χ1n) is 5.75. The van der Waals surface area contributed by atoms with Crippen molar-refractivity contribution in [1.29, 1.82) is 0 Å². The number of aromatic nitrogens is 1. The van der Waals surface area contributed by atoms with E-state index in [2.05, 4.69) is 26.2 Å². The molecule has 5 heteroatoms. The lowest BCUT2D eigenvalue weighted by molar-refractivity contribution is 0.0939. The van der Waals surface area contributed by atoms with Crippen molar-refractivity contribution in [3.05, 3.63) is 63.3 Å². The lowest BCUT2D eigenvalue weighted by atomic mass is 10.1. The van der Waals surface area contributed by atoms with Crippen LogP contribution in [0.15, 0.2) is 47.1 Å². The van der Waals surface area contributed by atoms with Crippen molar-refractivity contribution in [2.75, 3.05) is 0 Å². The van der Waals surface area contributed by atoms with Gasteiger partial charge in [-0.1, -0.05) is 41.9 Å². The summed E-state index contributed by atoms with van der Waals surface area (Å²) in [5.74, 6) is -0.241. The second kappa shape index (κ2) is 6.17. The van der Waals surface area contributed by atoms with E-state index in [9.17, 15) is 4.79 Å². The second-order valence-corrected chi connectivity index (χ2v) is 5.37. The fourth-order valence-electron chi connectivity index (χ4n) is 1.68. The predicted octanol–water partition coefficient (Wildman–Crippen LogP) is 3.99. The van der Waals surface area contributed by atoms with Crippen molar-refractivity contribution in [1.82, 2.24) is 10.3 Å². The minimum absolute atomic E-state index is 0.0938. The van der Waals surface area contributed by atoms with Gasteiger partial charge in [0.2, 0.25) is 0 Å². The summed E-state index contributed by atoms with van der Waals surface area (Å²) in [6.07, 6.45) is 1.56. The number of hydrogen-bond acceptors (Lipinski definition) is 2. The SMILES string of the molecule is CC(NC(=O)c1cc(Br)cnc1Cl)c1ccccc1.